The number of nitrogens with zero attached hydrogens (tertiary/aromatic N) is 5. The highest BCUT2D eigenvalue weighted by molar-refractivity contribution is 6.28. The molecule has 3 N–H and O–H groups in total. The third kappa shape index (κ3) is 4.76. The first-order valence-corrected chi connectivity index (χ1v) is 12.2. The number of anilines is 3. The van der Waals surface area contributed by atoms with E-state index in [1.807, 2.05) is 37.3 Å². The van der Waals surface area contributed by atoms with Crippen LogP contribution >= 0.6 is 11.6 Å². The molecule has 0 aliphatic heterocycles. The van der Waals surface area contributed by atoms with E-state index in [0.717, 1.165) is 38.4 Å². The molecule has 0 aliphatic carbocycles. The van der Waals surface area contributed by atoms with Gasteiger partial charge >= 0.3 is 0 Å². The lowest BCUT2D eigenvalue weighted by Gasteiger charge is -2.14. The van der Waals surface area contributed by atoms with Gasteiger partial charge in [-0.3, -0.25) is 0 Å². The normalized spacial score (nSPS) is 11.4. The summed E-state index contributed by atoms with van der Waals surface area (Å²) in [4.78, 5) is 11.9. The van der Waals surface area contributed by atoms with E-state index in [-0.39, 0.29) is 17.2 Å². The Morgan fingerprint density at radius 2 is 1.55 bits per heavy atom. The van der Waals surface area contributed by atoms with Crippen LogP contribution in [0, 0.1) is 20.8 Å². The van der Waals surface area contributed by atoms with Crippen LogP contribution in [0.2, 0.25) is 5.28 Å². The smallest absolute Gasteiger partial charge is 0.233 e. The predicted octanol–water partition coefficient (Wildman–Crippen LogP) is 7.52. The van der Waals surface area contributed by atoms with Crippen molar-refractivity contribution < 1.29 is 9.47 Å². The summed E-state index contributed by atoms with van der Waals surface area (Å²) in [7, 11) is 3.26. The van der Waals surface area contributed by atoms with Crippen LogP contribution in [0.25, 0.3) is 21.5 Å². The second-order valence-electron chi connectivity index (χ2n) is 8.92. The predicted molar refractivity (Wildman–Crippen MR) is 152 cm³/mol. The van der Waals surface area contributed by atoms with Crippen molar-refractivity contribution in [2.45, 2.75) is 20.8 Å². The summed E-state index contributed by atoms with van der Waals surface area (Å²) in [6.45, 7) is 6.11. The number of rotatable bonds is 6. The van der Waals surface area contributed by atoms with Crippen LogP contribution in [0.5, 0.6) is 11.5 Å². The van der Waals surface area contributed by atoms with Crippen LogP contribution in [0.3, 0.4) is 0 Å². The number of benzene rings is 4. The standard InChI is InChI=1S/C28H26ClN7O2/c1-14-6-8-20-21(10-14)15(2)12-22(37-4)24(20)36-35-23-16(3)11-17-13-18(7-9-19(17)25(23)38-5)31-28-33-26(29)32-27(30)34-28/h6-13H,1-5H3,(H3,30,31,32,33,34). The Labute approximate surface area is 224 Å². The number of hydrogen-bond acceptors (Lipinski definition) is 9. The molecule has 0 aliphatic rings. The number of aryl methyl sites for hydroxylation is 3. The van der Waals surface area contributed by atoms with Gasteiger partial charge < -0.3 is 20.5 Å². The number of halogens is 1. The summed E-state index contributed by atoms with van der Waals surface area (Å²) in [6, 6.07) is 16.1. The first-order chi connectivity index (χ1) is 18.3. The van der Waals surface area contributed by atoms with Crippen molar-refractivity contribution in [2.75, 3.05) is 25.3 Å². The molecule has 4 aromatic carbocycles. The van der Waals surface area contributed by atoms with Crippen molar-refractivity contribution in [3.8, 4) is 11.5 Å². The summed E-state index contributed by atoms with van der Waals surface area (Å²) in [5.41, 5.74) is 10.9. The molecule has 10 heteroatoms. The number of ether oxygens (including phenoxy) is 2. The molecule has 0 radical (unpaired) electrons. The van der Waals surface area contributed by atoms with Crippen LogP contribution in [0.4, 0.5) is 29.0 Å². The highest BCUT2D eigenvalue weighted by Gasteiger charge is 2.15. The Hall–Kier alpha value is -4.50. The van der Waals surface area contributed by atoms with Gasteiger partial charge in [-0.1, -0.05) is 23.8 Å². The van der Waals surface area contributed by atoms with Crippen molar-refractivity contribution >= 4 is 62.1 Å². The highest BCUT2D eigenvalue weighted by Crippen LogP contribution is 2.43. The molecular weight excluding hydrogens is 502 g/mol. The van der Waals surface area contributed by atoms with Gasteiger partial charge in [0.1, 0.15) is 17.1 Å². The zero-order valence-electron chi connectivity index (χ0n) is 21.6. The molecule has 0 saturated heterocycles. The number of hydrogen-bond donors (Lipinski definition) is 2. The average molecular weight is 528 g/mol. The maximum absolute atomic E-state index is 5.90. The molecule has 0 saturated carbocycles. The van der Waals surface area contributed by atoms with Gasteiger partial charge in [0.15, 0.2) is 5.75 Å². The molecule has 0 unspecified atom stereocenters. The number of aromatic nitrogens is 3. The summed E-state index contributed by atoms with van der Waals surface area (Å²) >= 11 is 5.90. The van der Waals surface area contributed by atoms with Gasteiger partial charge in [0, 0.05) is 16.5 Å². The second-order valence-corrected chi connectivity index (χ2v) is 9.25. The number of nitrogens with one attached hydrogen (secondary N) is 1. The van der Waals surface area contributed by atoms with E-state index >= 15 is 0 Å². The lowest BCUT2D eigenvalue weighted by Crippen LogP contribution is -2.03. The number of azo groups is 1. The minimum atomic E-state index is 0.0152. The van der Waals surface area contributed by atoms with E-state index in [0.29, 0.717) is 22.9 Å². The van der Waals surface area contributed by atoms with Gasteiger partial charge in [-0.05, 0) is 84.6 Å². The Balaban J connectivity index is 1.58. The van der Waals surface area contributed by atoms with Gasteiger partial charge in [0.2, 0.25) is 17.2 Å². The van der Waals surface area contributed by atoms with E-state index in [1.165, 1.54) is 5.56 Å². The van der Waals surface area contributed by atoms with E-state index in [4.69, 9.17) is 26.8 Å². The minimum Gasteiger partial charge on any atom is -0.494 e. The van der Waals surface area contributed by atoms with E-state index < -0.39 is 0 Å². The van der Waals surface area contributed by atoms with Crippen LogP contribution in [0.1, 0.15) is 16.7 Å². The van der Waals surface area contributed by atoms with Crippen LogP contribution < -0.4 is 20.5 Å². The summed E-state index contributed by atoms with van der Waals surface area (Å²) in [6.07, 6.45) is 0. The first kappa shape index (κ1) is 25.2. The summed E-state index contributed by atoms with van der Waals surface area (Å²) in [5.74, 6) is 1.57. The highest BCUT2D eigenvalue weighted by atomic mass is 35.5. The van der Waals surface area contributed by atoms with Crippen molar-refractivity contribution in [1.29, 1.82) is 0 Å². The van der Waals surface area contributed by atoms with Crippen molar-refractivity contribution in [3.05, 3.63) is 70.5 Å². The molecule has 192 valence electrons. The first-order valence-electron chi connectivity index (χ1n) is 11.8. The number of fused-ring (bicyclic) bond motifs is 2. The molecule has 0 amide bonds. The second kappa shape index (κ2) is 10.1. The van der Waals surface area contributed by atoms with Gasteiger partial charge in [0.05, 0.1) is 14.2 Å². The molecule has 1 aromatic heterocycles. The molecule has 1 heterocycles. The summed E-state index contributed by atoms with van der Waals surface area (Å²) < 4.78 is 11.5. The fraction of sp³-hybridized carbons (Fsp3) is 0.179. The quantitative estimate of drug-likeness (QED) is 0.219. The SMILES string of the molecule is COc1cc(C)c2cc(C)ccc2c1N=Nc1c(C)cc2cc(Nc3nc(N)nc(Cl)n3)ccc2c1OC. The lowest BCUT2D eigenvalue weighted by atomic mass is 10.0. The largest absolute Gasteiger partial charge is 0.494 e. The Bertz CT molecular complexity index is 1720. The maximum Gasteiger partial charge on any atom is 0.233 e. The van der Waals surface area contributed by atoms with E-state index in [2.05, 4.69) is 62.5 Å². The molecule has 0 atom stereocenters. The fourth-order valence-corrected chi connectivity index (χ4v) is 4.65. The van der Waals surface area contributed by atoms with Gasteiger partial charge in [-0.2, -0.15) is 15.0 Å². The van der Waals surface area contributed by atoms with E-state index in [9.17, 15) is 0 Å². The zero-order valence-corrected chi connectivity index (χ0v) is 22.4. The molecule has 9 nitrogen and oxygen atoms in total. The topological polar surface area (TPSA) is 120 Å². The molecule has 38 heavy (non-hydrogen) atoms. The number of nitrogens with two attached hydrogens (primary N) is 1. The molecule has 5 rings (SSSR count). The zero-order chi connectivity index (χ0) is 27.0. The Kier molecular flexibility index (Phi) is 6.69. The molecule has 0 spiro atoms. The number of methoxy groups -OCH3 is 2. The van der Waals surface area contributed by atoms with E-state index in [1.54, 1.807) is 14.2 Å². The Morgan fingerprint density at radius 3 is 2.29 bits per heavy atom. The van der Waals surface area contributed by atoms with Gasteiger partial charge in [-0.25, -0.2) is 0 Å². The van der Waals surface area contributed by atoms with Crippen LogP contribution in [-0.2, 0) is 0 Å². The fourth-order valence-electron chi connectivity index (χ4n) is 4.48. The molecule has 5 aromatic rings. The lowest BCUT2D eigenvalue weighted by molar-refractivity contribution is 0.415. The Morgan fingerprint density at radius 1 is 0.789 bits per heavy atom. The molecule has 0 bridgehead atoms. The third-order valence-corrected chi connectivity index (χ3v) is 6.42. The van der Waals surface area contributed by atoms with Crippen LogP contribution in [-0.4, -0.2) is 29.2 Å². The average Bonchev–Trinajstić information content (AvgIpc) is 2.87. The molecular formula is C28H26ClN7O2. The van der Waals surface area contributed by atoms with Gasteiger partial charge in [0.25, 0.3) is 0 Å². The minimum absolute atomic E-state index is 0.0152. The number of nitrogen functional groups attached to an aromatic ring is 1. The van der Waals surface area contributed by atoms with Crippen molar-refractivity contribution in [1.82, 2.24) is 15.0 Å². The maximum atomic E-state index is 5.90. The van der Waals surface area contributed by atoms with Crippen molar-refractivity contribution in [3.63, 3.8) is 0 Å². The monoisotopic (exact) mass is 527 g/mol. The third-order valence-electron chi connectivity index (χ3n) is 6.25. The van der Waals surface area contributed by atoms with Crippen molar-refractivity contribution in [2.24, 2.45) is 10.2 Å². The van der Waals surface area contributed by atoms with Gasteiger partial charge in [-0.15, -0.1) is 10.2 Å². The van der Waals surface area contributed by atoms with Crippen LogP contribution in [0.15, 0.2) is 58.8 Å². The summed E-state index contributed by atoms with van der Waals surface area (Å²) in [5, 5.41) is 16.4. The molecule has 0 fully saturated rings.